The fourth-order valence-corrected chi connectivity index (χ4v) is 1.29. The van der Waals surface area contributed by atoms with Crippen LogP contribution in [-0.4, -0.2) is 24.3 Å². The van der Waals surface area contributed by atoms with Gasteiger partial charge in [-0.15, -0.1) is 0 Å². The van der Waals surface area contributed by atoms with Gasteiger partial charge in [-0.2, -0.15) is 0 Å². The highest BCUT2D eigenvalue weighted by molar-refractivity contribution is 5.67. The fraction of sp³-hybridized carbons (Fsp3) is 0.417. The molecule has 0 aliphatic heterocycles. The van der Waals surface area contributed by atoms with Crippen molar-refractivity contribution in [3.05, 3.63) is 35.4 Å². The standard InChI is InChI=1S/C12H16O4/c1-2-15-7-10-4-3-5-11(6-10)8-16-9-12(13)14/h3-6H,2,7-9H2,1H3,(H,13,14). The molecule has 4 heteroatoms. The van der Waals surface area contributed by atoms with Crippen molar-refractivity contribution in [3.63, 3.8) is 0 Å². The quantitative estimate of drug-likeness (QED) is 0.767. The second kappa shape index (κ2) is 6.98. The van der Waals surface area contributed by atoms with Gasteiger partial charge in [-0.25, -0.2) is 4.79 Å². The number of carbonyl (C=O) groups is 1. The van der Waals surface area contributed by atoms with E-state index in [0.717, 1.165) is 11.1 Å². The Morgan fingerprint density at radius 3 is 2.44 bits per heavy atom. The molecule has 0 saturated heterocycles. The smallest absolute Gasteiger partial charge is 0.329 e. The highest BCUT2D eigenvalue weighted by atomic mass is 16.5. The molecule has 0 aliphatic rings. The summed E-state index contributed by atoms with van der Waals surface area (Å²) in [4.78, 5) is 10.3. The molecule has 1 aromatic carbocycles. The third-order valence-electron chi connectivity index (χ3n) is 1.96. The van der Waals surface area contributed by atoms with Crippen LogP contribution in [0.4, 0.5) is 0 Å². The summed E-state index contributed by atoms with van der Waals surface area (Å²) < 4.78 is 10.3. The maximum Gasteiger partial charge on any atom is 0.329 e. The lowest BCUT2D eigenvalue weighted by Crippen LogP contribution is -2.06. The van der Waals surface area contributed by atoms with E-state index in [-0.39, 0.29) is 6.61 Å². The molecule has 0 spiro atoms. The molecule has 0 aromatic heterocycles. The Hall–Kier alpha value is -1.39. The van der Waals surface area contributed by atoms with Gasteiger partial charge in [0.1, 0.15) is 6.61 Å². The summed E-state index contributed by atoms with van der Waals surface area (Å²) in [6, 6.07) is 7.74. The number of hydrogen-bond donors (Lipinski definition) is 1. The van der Waals surface area contributed by atoms with E-state index in [0.29, 0.717) is 19.8 Å². The first kappa shape index (κ1) is 12.7. The number of ether oxygens (including phenoxy) is 2. The largest absolute Gasteiger partial charge is 0.480 e. The molecular formula is C12H16O4. The fourth-order valence-electron chi connectivity index (χ4n) is 1.29. The predicted molar refractivity (Wildman–Crippen MR) is 59.1 cm³/mol. The van der Waals surface area contributed by atoms with Crippen molar-refractivity contribution in [1.29, 1.82) is 0 Å². The number of carboxylic acid groups (broad SMARTS) is 1. The predicted octanol–water partition coefficient (Wildman–Crippen LogP) is 1.82. The maximum absolute atomic E-state index is 10.3. The topological polar surface area (TPSA) is 55.8 Å². The van der Waals surface area contributed by atoms with Gasteiger partial charge in [0.25, 0.3) is 0 Å². The molecule has 0 heterocycles. The molecule has 4 nitrogen and oxygen atoms in total. The van der Waals surface area contributed by atoms with Crippen LogP contribution in [0, 0.1) is 0 Å². The van der Waals surface area contributed by atoms with Gasteiger partial charge in [-0.3, -0.25) is 0 Å². The lowest BCUT2D eigenvalue weighted by atomic mass is 10.1. The average molecular weight is 224 g/mol. The summed E-state index contributed by atoms with van der Waals surface area (Å²) >= 11 is 0. The minimum Gasteiger partial charge on any atom is -0.480 e. The van der Waals surface area contributed by atoms with Crippen molar-refractivity contribution in [2.45, 2.75) is 20.1 Å². The van der Waals surface area contributed by atoms with Crippen LogP contribution in [0.2, 0.25) is 0 Å². The van der Waals surface area contributed by atoms with Gasteiger partial charge in [0.2, 0.25) is 0 Å². The van der Waals surface area contributed by atoms with E-state index in [9.17, 15) is 4.79 Å². The third kappa shape index (κ3) is 4.91. The summed E-state index contributed by atoms with van der Waals surface area (Å²) in [5, 5.41) is 8.42. The van der Waals surface area contributed by atoms with Crippen LogP contribution in [0.5, 0.6) is 0 Å². The molecule has 1 rings (SSSR count). The summed E-state index contributed by atoms with van der Waals surface area (Å²) in [5.74, 6) is -0.953. The molecule has 16 heavy (non-hydrogen) atoms. The first-order valence-electron chi connectivity index (χ1n) is 5.17. The molecule has 0 radical (unpaired) electrons. The normalized spacial score (nSPS) is 10.3. The van der Waals surface area contributed by atoms with Crippen LogP contribution in [0.1, 0.15) is 18.1 Å². The average Bonchev–Trinajstić information content (AvgIpc) is 2.26. The Bertz CT molecular complexity index is 336. The number of hydrogen-bond acceptors (Lipinski definition) is 3. The first-order chi connectivity index (χ1) is 7.72. The lowest BCUT2D eigenvalue weighted by molar-refractivity contribution is -0.142. The van der Waals surface area contributed by atoms with Crippen molar-refractivity contribution in [1.82, 2.24) is 0 Å². The van der Waals surface area contributed by atoms with Gasteiger partial charge >= 0.3 is 5.97 Å². The summed E-state index contributed by atoms with van der Waals surface area (Å²) in [7, 11) is 0. The van der Waals surface area contributed by atoms with Crippen molar-refractivity contribution >= 4 is 5.97 Å². The Kier molecular flexibility index (Phi) is 5.53. The molecule has 1 N–H and O–H groups in total. The number of benzene rings is 1. The highest BCUT2D eigenvalue weighted by Crippen LogP contribution is 2.07. The van der Waals surface area contributed by atoms with Crippen molar-refractivity contribution in [3.8, 4) is 0 Å². The molecule has 1 aromatic rings. The van der Waals surface area contributed by atoms with E-state index < -0.39 is 5.97 Å². The second-order valence-electron chi connectivity index (χ2n) is 3.34. The summed E-state index contributed by atoms with van der Waals surface area (Å²) in [6.45, 7) is 3.24. The summed E-state index contributed by atoms with van der Waals surface area (Å²) in [5.41, 5.74) is 2.02. The Morgan fingerprint density at radius 1 is 1.25 bits per heavy atom. The van der Waals surface area contributed by atoms with Gasteiger partial charge in [-0.05, 0) is 18.1 Å². The van der Waals surface area contributed by atoms with Crippen LogP contribution in [0.15, 0.2) is 24.3 Å². The molecule has 88 valence electrons. The molecule has 0 aliphatic carbocycles. The van der Waals surface area contributed by atoms with E-state index in [1.54, 1.807) is 0 Å². The molecule has 0 atom stereocenters. The monoisotopic (exact) mass is 224 g/mol. The first-order valence-corrected chi connectivity index (χ1v) is 5.17. The number of aliphatic carboxylic acids is 1. The van der Waals surface area contributed by atoms with Crippen LogP contribution >= 0.6 is 0 Å². The molecule has 0 amide bonds. The van der Waals surface area contributed by atoms with Gasteiger partial charge in [0.05, 0.1) is 13.2 Å². The zero-order valence-corrected chi connectivity index (χ0v) is 9.31. The van der Waals surface area contributed by atoms with Crippen molar-refractivity contribution in [2.24, 2.45) is 0 Å². The molecule has 0 saturated carbocycles. The zero-order valence-electron chi connectivity index (χ0n) is 9.31. The third-order valence-corrected chi connectivity index (χ3v) is 1.96. The van der Waals surface area contributed by atoms with E-state index in [1.165, 1.54) is 0 Å². The van der Waals surface area contributed by atoms with E-state index in [2.05, 4.69) is 0 Å². The van der Waals surface area contributed by atoms with Crippen LogP contribution < -0.4 is 0 Å². The Morgan fingerprint density at radius 2 is 1.88 bits per heavy atom. The lowest BCUT2D eigenvalue weighted by Gasteiger charge is -2.05. The summed E-state index contributed by atoms with van der Waals surface area (Å²) in [6.07, 6.45) is 0. The molecular weight excluding hydrogens is 208 g/mol. The van der Waals surface area contributed by atoms with Gasteiger partial charge in [0, 0.05) is 6.61 Å². The SMILES string of the molecule is CCOCc1cccc(COCC(=O)O)c1. The number of rotatable bonds is 7. The molecule has 0 bridgehead atoms. The minimum atomic E-state index is -0.953. The van der Waals surface area contributed by atoms with Crippen molar-refractivity contribution < 1.29 is 19.4 Å². The van der Waals surface area contributed by atoms with Gasteiger partial charge in [0.15, 0.2) is 0 Å². The zero-order chi connectivity index (χ0) is 11.8. The molecule has 0 fully saturated rings. The van der Waals surface area contributed by atoms with Crippen LogP contribution in [-0.2, 0) is 27.5 Å². The highest BCUT2D eigenvalue weighted by Gasteiger charge is 1.99. The van der Waals surface area contributed by atoms with Crippen LogP contribution in [0.3, 0.4) is 0 Å². The van der Waals surface area contributed by atoms with Crippen LogP contribution in [0.25, 0.3) is 0 Å². The van der Waals surface area contributed by atoms with Gasteiger partial charge < -0.3 is 14.6 Å². The van der Waals surface area contributed by atoms with E-state index in [1.807, 2.05) is 31.2 Å². The Balaban J connectivity index is 2.43. The minimum absolute atomic E-state index is 0.268. The second-order valence-corrected chi connectivity index (χ2v) is 3.34. The Labute approximate surface area is 94.8 Å². The van der Waals surface area contributed by atoms with Gasteiger partial charge in [-0.1, -0.05) is 24.3 Å². The maximum atomic E-state index is 10.3. The number of carboxylic acids is 1. The van der Waals surface area contributed by atoms with Crippen molar-refractivity contribution in [2.75, 3.05) is 13.2 Å². The molecule has 0 unspecified atom stereocenters. The van der Waals surface area contributed by atoms with E-state index in [4.69, 9.17) is 14.6 Å². The van der Waals surface area contributed by atoms with E-state index >= 15 is 0 Å².